The Morgan fingerprint density at radius 3 is 2.24 bits per heavy atom. The summed E-state index contributed by atoms with van der Waals surface area (Å²) in [6.45, 7) is 3.36. The number of amides is 3. The van der Waals surface area contributed by atoms with Gasteiger partial charge < -0.3 is 25.4 Å². The Balaban J connectivity index is 1.34. The number of nitrogens with one attached hydrogen (secondary N) is 3. The summed E-state index contributed by atoms with van der Waals surface area (Å²) in [6, 6.07) is 15.1. The molecule has 0 aliphatic heterocycles. The summed E-state index contributed by atoms with van der Waals surface area (Å²) < 4.78 is 10.1. The number of hydrogen-bond acceptors (Lipinski definition) is 6. The van der Waals surface area contributed by atoms with Crippen molar-refractivity contribution in [2.45, 2.75) is 50.6 Å². The molecule has 0 bridgehead atoms. The molecule has 4 rings (SSSR count). The van der Waals surface area contributed by atoms with Crippen LogP contribution in [0.4, 0.5) is 4.79 Å². The number of fused-ring (bicyclic) bond motifs is 3. The van der Waals surface area contributed by atoms with Gasteiger partial charge in [-0.3, -0.25) is 14.4 Å². The molecule has 0 saturated carbocycles. The Bertz CT molecular complexity index is 1230. The van der Waals surface area contributed by atoms with Crippen LogP contribution in [0.25, 0.3) is 11.1 Å². The average molecular weight is 520 g/mol. The van der Waals surface area contributed by atoms with Crippen LogP contribution in [0.5, 0.6) is 0 Å². The number of ether oxygens (including phenoxy) is 2. The second-order valence-electron chi connectivity index (χ2n) is 9.52. The standard InChI is InChI=1S/C29H33N3O6/c1-4-5-10-19-15-29(19,27(35)30-16-25(33)37-3)32-26(34)18(2)31-28(36)38-17-24-22-13-8-6-11-20(22)21-12-7-9-14-23(21)24/h6-9,11-15,18,24H,4-5,10,16-17H2,1-3H3,(H,30,35)(H,31,36)(H,32,34)/t18-,29+/m0/s1. The van der Waals surface area contributed by atoms with E-state index in [0.29, 0.717) is 6.42 Å². The molecule has 2 aromatic rings. The van der Waals surface area contributed by atoms with Crippen molar-refractivity contribution in [3.63, 3.8) is 0 Å². The summed E-state index contributed by atoms with van der Waals surface area (Å²) in [7, 11) is 1.23. The molecule has 0 unspecified atom stereocenters. The van der Waals surface area contributed by atoms with E-state index >= 15 is 0 Å². The summed E-state index contributed by atoms with van der Waals surface area (Å²) in [5, 5.41) is 7.79. The first-order valence-electron chi connectivity index (χ1n) is 12.8. The van der Waals surface area contributed by atoms with E-state index in [1.54, 1.807) is 6.08 Å². The second kappa shape index (κ2) is 11.5. The summed E-state index contributed by atoms with van der Waals surface area (Å²) in [4.78, 5) is 49.9. The molecule has 3 amide bonds. The van der Waals surface area contributed by atoms with Gasteiger partial charge in [0.15, 0.2) is 5.54 Å². The fourth-order valence-electron chi connectivity index (χ4n) is 4.80. The van der Waals surface area contributed by atoms with Crippen molar-refractivity contribution in [1.82, 2.24) is 16.0 Å². The molecular formula is C29H33N3O6. The molecule has 0 fully saturated rings. The average Bonchev–Trinajstić information content (AvgIpc) is 3.54. The maximum absolute atomic E-state index is 13.0. The lowest BCUT2D eigenvalue weighted by molar-refractivity contribution is -0.141. The lowest BCUT2D eigenvalue weighted by Crippen LogP contribution is -2.56. The SMILES string of the molecule is CCCCC1=C[C@]1(NC(=O)[C@H](C)NC(=O)OCC1c2ccccc2-c2ccccc21)C(=O)NCC(=O)OC. The van der Waals surface area contributed by atoms with E-state index in [0.717, 1.165) is 40.7 Å². The molecule has 0 heterocycles. The number of carbonyl (C=O) groups excluding carboxylic acids is 4. The van der Waals surface area contributed by atoms with Crippen LogP contribution >= 0.6 is 0 Å². The van der Waals surface area contributed by atoms with Crippen molar-refractivity contribution in [2.24, 2.45) is 0 Å². The molecule has 38 heavy (non-hydrogen) atoms. The van der Waals surface area contributed by atoms with Gasteiger partial charge in [-0.1, -0.05) is 61.9 Å². The van der Waals surface area contributed by atoms with Gasteiger partial charge >= 0.3 is 12.1 Å². The quantitative estimate of drug-likeness (QED) is 0.310. The van der Waals surface area contributed by atoms with Crippen molar-refractivity contribution in [3.8, 4) is 11.1 Å². The van der Waals surface area contributed by atoms with Crippen LogP contribution in [0.1, 0.15) is 50.2 Å². The zero-order valence-corrected chi connectivity index (χ0v) is 21.8. The molecule has 3 N–H and O–H groups in total. The number of alkyl carbamates (subject to hydrolysis) is 1. The largest absolute Gasteiger partial charge is 0.468 e. The monoisotopic (exact) mass is 519 g/mol. The molecule has 0 aromatic heterocycles. The lowest BCUT2D eigenvalue weighted by Gasteiger charge is -2.23. The van der Waals surface area contributed by atoms with Gasteiger partial charge in [0.05, 0.1) is 7.11 Å². The number of benzene rings is 2. The first kappa shape index (κ1) is 26.9. The molecule has 9 nitrogen and oxygen atoms in total. The van der Waals surface area contributed by atoms with Crippen molar-refractivity contribution >= 4 is 23.9 Å². The van der Waals surface area contributed by atoms with Crippen molar-refractivity contribution in [1.29, 1.82) is 0 Å². The van der Waals surface area contributed by atoms with Crippen LogP contribution in [0.15, 0.2) is 60.2 Å². The predicted octanol–water partition coefficient (Wildman–Crippen LogP) is 3.19. The summed E-state index contributed by atoms with van der Waals surface area (Å²) in [5.41, 5.74) is 3.88. The number of unbranched alkanes of at least 4 members (excludes halogenated alkanes) is 1. The normalized spacial score (nSPS) is 17.8. The minimum absolute atomic E-state index is 0.101. The van der Waals surface area contributed by atoms with Gasteiger partial charge in [-0.15, -0.1) is 0 Å². The molecule has 2 aliphatic carbocycles. The Morgan fingerprint density at radius 2 is 1.63 bits per heavy atom. The van der Waals surface area contributed by atoms with Crippen molar-refractivity contribution < 1.29 is 28.7 Å². The zero-order valence-electron chi connectivity index (χ0n) is 21.8. The van der Waals surface area contributed by atoms with Crippen LogP contribution in [-0.2, 0) is 23.9 Å². The van der Waals surface area contributed by atoms with Crippen molar-refractivity contribution in [2.75, 3.05) is 20.3 Å². The molecule has 2 aliphatic rings. The molecular weight excluding hydrogens is 486 g/mol. The van der Waals surface area contributed by atoms with Gasteiger partial charge in [-0.05, 0) is 53.7 Å². The molecule has 0 saturated heterocycles. The highest BCUT2D eigenvalue weighted by Gasteiger charge is 2.52. The summed E-state index contributed by atoms with van der Waals surface area (Å²) >= 11 is 0. The number of methoxy groups -OCH3 is 1. The number of esters is 1. The lowest BCUT2D eigenvalue weighted by atomic mass is 9.98. The summed E-state index contributed by atoms with van der Waals surface area (Å²) in [6.07, 6.45) is 3.35. The molecule has 200 valence electrons. The second-order valence-corrected chi connectivity index (χ2v) is 9.52. The smallest absolute Gasteiger partial charge is 0.407 e. The number of carbonyl (C=O) groups is 4. The van der Waals surface area contributed by atoms with Gasteiger partial charge in [-0.25, -0.2) is 4.79 Å². The van der Waals surface area contributed by atoms with E-state index in [-0.39, 0.29) is 19.1 Å². The predicted molar refractivity (Wildman–Crippen MR) is 141 cm³/mol. The number of hydrogen-bond donors (Lipinski definition) is 3. The Labute approximate surface area is 222 Å². The third-order valence-electron chi connectivity index (χ3n) is 6.98. The maximum atomic E-state index is 13.0. The first-order chi connectivity index (χ1) is 18.3. The highest BCUT2D eigenvalue weighted by Crippen LogP contribution is 2.44. The van der Waals surface area contributed by atoms with Crippen molar-refractivity contribution in [3.05, 3.63) is 71.3 Å². The van der Waals surface area contributed by atoms with E-state index in [1.165, 1.54) is 14.0 Å². The number of rotatable bonds is 11. The van der Waals surface area contributed by atoms with Gasteiger partial charge in [-0.2, -0.15) is 0 Å². The van der Waals surface area contributed by atoms with E-state index in [1.807, 2.05) is 43.3 Å². The molecule has 0 spiro atoms. The van der Waals surface area contributed by atoms with E-state index in [4.69, 9.17) is 4.74 Å². The Morgan fingerprint density at radius 1 is 1.00 bits per heavy atom. The highest BCUT2D eigenvalue weighted by atomic mass is 16.5. The third-order valence-corrected chi connectivity index (χ3v) is 6.98. The van der Waals surface area contributed by atoms with E-state index < -0.39 is 35.5 Å². The van der Waals surface area contributed by atoms with Crippen LogP contribution in [0, 0.1) is 0 Å². The topological polar surface area (TPSA) is 123 Å². The van der Waals surface area contributed by atoms with Crippen LogP contribution < -0.4 is 16.0 Å². The van der Waals surface area contributed by atoms with E-state index in [2.05, 4.69) is 32.8 Å². The molecule has 9 heteroatoms. The highest BCUT2D eigenvalue weighted by molar-refractivity contribution is 6.03. The maximum Gasteiger partial charge on any atom is 0.407 e. The van der Waals surface area contributed by atoms with Crippen LogP contribution in [0.3, 0.4) is 0 Å². The Hall–Kier alpha value is -4.14. The Kier molecular flexibility index (Phi) is 8.14. The molecule has 0 radical (unpaired) electrons. The molecule has 2 aromatic carbocycles. The summed E-state index contributed by atoms with van der Waals surface area (Å²) in [5.74, 6) is -1.76. The van der Waals surface area contributed by atoms with Gasteiger partial charge in [0.1, 0.15) is 19.2 Å². The minimum atomic E-state index is -1.31. The minimum Gasteiger partial charge on any atom is -0.468 e. The fraction of sp³-hybridized carbons (Fsp3) is 0.379. The van der Waals surface area contributed by atoms with Gasteiger partial charge in [0.25, 0.3) is 5.91 Å². The van der Waals surface area contributed by atoms with Crippen LogP contribution in [0.2, 0.25) is 0 Å². The first-order valence-corrected chi connectivity index (χ1v) is 12.8. The zero-order chi connectivity index (χ0) is 27.3. The van der Waals surface area contributed by atoms with E-state index in [9.17, 15) is 19.2 Å². The third kappa shape index (κ3) is 5.56. The fourth-order valence-corrected chi connectivity index (χ4v) is 4.80. The molecule has 2 atom stereocenters. The van der Waals surface area contributed by atoms with Crippen LogP contribution in [-0.4, -0.2) is 55.7 Å². The van der Waals surface area contributed by atoms with Gasteiger partial charge in [0, 0.05) is 5.92 Å². The van der Waals surface area contributed by atoms with Gasteiger partial charge in [0.2, 0.25) is 5.91 Å².